The van der Waals surface area contributed by atoms with Crippen LogP contribution in [0.25, 0.3) is 0 Å². The number of nitrogens with zero attached hydrogens (tertiary/aromatic N) is 2. The van der Waals surface area contributed by atoms with E-state index >= 15 is 0 Å². The fourth-order valence-electron chi connectivity index (χ4n) is 2.44. The maximum atomic E-state index is 11.3. The first kappa shape index (κ1) is 16.1. The first-order chi connectivity index (χ1) is 9.17. The summed E-state index contributed by atoms with van der Waals surface area (Å²) in [6.07, 6.45) is 1.20. The summed E-state index contributed by atoms with van der Waals surface area (Å²) in [6, 6.07) is -1.56. The lowest BCUT2D eigenvalue weighted by atomic mass is 9.72. The summed E-state index contributed by atoms with van der Waals surface area (Å²) in [5.74, 6) is -0.661. The van der Waals surface area contributed by atoms with Gasteiger partial charge in [0.25, 0.3) is 11.7 Å². The monoisotopic (exact) mass is 286 g/mol. The van der Waals surface area contributed by atoms with Crippen LogP contribution in [0.2, 0.25) is 0 Å². The van der Waals surface area contributed by atoms with E-state index in [0.717, 1.165) is 0 Å². The number of nitro groups is 2. The smallest absolute Gasteiger partial charge is 0.280 e. The first-order valence-corrected chi connectivity index (χ1v) is 5.92. The molecule has 0 bridgehead atoms. The van der Waals surface area contributed by atoms with Gasteiger partial charge in [-0.25, -0.2) is 0 Å². The van der Waals surface area contributed by atoms with E-state index in [0.29, 0.717) is 0 Å². The van der Waals surface area contributed by atoms with Crippen LogP contribution in [0, 0.1) is 26.1 Å². The molecule has 4 N–H and O–H groups in total. The number of allylic oxidation sites excluding steroid dienone is 2. The lowest BCUT2D eigenvalue weighted by molar-refractivity contribution is -0.536. The molecule has 9 heteroatoms. The summed E-state index contributed by atoms with van der Waals surface area (Å²) in [4.78, 5) is 21.2. The molecule has 0 aromatic rings. The van der Waals surface area contributed by atoms with Crippen LogP contribution in [0.4, 0.5) is 0 Å². The topological polar surface area (TPSA) is 148 Å². The molecule has 0 fully saturated rings. The summed E-state index contributed by atoms with van der Waals surface area (Å²) in [6.45, 7) is 3.08. The Labute approximate surface area is 115 Å². The molecule has 0 saturated heterocycles. The largest absolute Gasteiger partial charge is 0.396 e. The maximum absolute atomic E-state index is 11.3. The predicted octanol–water partition coefficient (Wildman–Crippen LogP) is 0.0186. The van der Waals surface area contributed by atoms with Gasteiger partial charge in [-0.3, -0.25) is 20.2 Å². The molecule has 0 spiro atoms. The summed E-state index contributed by atoms with van der Waals surface area (Å²) in [5.41, 5.74) is 9.80. The van der Waals surface area contributed by atoms with Crippen LogP contribution >= 0.6 is 0 Å². The van der Waals surface area contributed by atoms with Crippen molar-refractivity contribution in [1.82, 2.24) is 0 Å². The Bertz CT molecular complexity index is 501. The van der Waals surface area contributed by atoms with Crippen molar-refractivity contribution in [3.63, 3.8) is 0 Å². The highest BCUT2D eigenvalue weighted by Gasteiger charge is 2.59. The number of nitrogens with two attached hydrogens (primary N) is 2. The highest BCUT2D eigenvalue weighted by molar-refractivity contribution is 5.40. The van der Waals surface area contributed by atoms with Gasteiger partial charge in [0.15, 0.2) is 5.54 Å². The van der Waals surface area contributed by atoms with Crippen LogP contribution in [-0.2, 0) is 4.74 Å². The molecule has 9 nitrogen and oxygen atoms in total. The average Bonchev–Trinajstić information content (AvgIpc) is 2.33. The quantitative estimate of drug-likeness (QED) is 0.534. The van der Waals surface area contributed by atoms with Gasteiger partial charge in [-0.05, 0) is 12.5 Å². The Kier molecular flexibility index (Phi) is 4.46. The molecule has 0 heterocycles. The standard InChI is InChI=1S/C11H18N4O5/c1-6-4-8(14(16)17)11(13,7(2)5-20-3)10(9(6)12)15(18)19/h4,7,10H,5,12-13H2,1-3H3. The van der Waals surface area contributed by atoms with E-state index in [1.165, 1.54) is 20.1 Å². The van der Waals surface area contributed by atoms with Gasteiger partial charge < -0.3 is 16.2 Å². The van der Waals surface area contributed by atoms with Crippen molar-refractivity contribution < 1.29 is 14.6 Å². The maximum Gasteiger partial charge on any atom is 0.280 e. The minimum Gasteiger partial charge on any atom is -0.396 e. The molecule has 3 unspecified atom stereocenters. The van der Waals surface area contributed by atoms with E-state index < -0.39 is 33.0 Å². The van der Waals surface area contributed by atoms with E-state index in [1.807, 2.05) is 0 Å². The van der Waals surface area contributed by atoms with Crippen molar-refractivity contribution in [1.29, 1.82) is 0 Å². The lowest BCUT2D eigenvalue weighted by Gasteiger charge is -2.36. The van der Waals surface area contributed by atoms with Crippen LogP contribution < -0.4 is 11.5 Å². The van der Waals surface area contributed by atoms with Crippen molar-refractivity contribution >= 4 is 0 Å². The van der Waals surface area contributed by atoms with Crippen molar-refractivity contribution in [2.45, 2.75) is 25.4 Å². The second kappa shape index (κ2) is 5.55. The van der Waals surface area contributed by atoms with Crippen molar-refractivity contribution in [3.05, 3.63) is 43.3 Å². The van der Waals surface area contributed by atoms with Crippen LogP contribution in [-0.4, -0.2) is 35.1 Å². The highest BCUT2D eigenvalue weighted by Crippen LogP contribution is 2.37. The third-order valence-corrected chi connectivity index (χ3v) is 3.64. The third kappa shape index (κ3) is 2.37. The zero-order chi connectivity index (χ0) is 15.7. The summed E-state index contributed by atoms with van der Waals surface area (Å²) < 4.78 is 4.93. The Hall–Kier alpha value is -2.00. The van der Waals surface area contributed by atoms with E-state index in [9.17, 15) is 20.2 Å². The molecule has 0 saturated carbocycles. The molecule has 20 heavy (non-hydrogen) atoms. The van der Waals surface area contributed by atoms with E-state index in [1.54, 1.807) is 6.92 Å². The van der Waals surface area contributed by atoms with Crippen LogP contribution in [0.1, 0.15) is 13.8 Å². The molecule has 1 aliphatic carbocycles. The van der Waals surface area contributed by atoms with Crippen LogP contribution in [0.15, 0.2) is 23.0 Å². The van der Waals surface area contributed by atoms with Crippen molar-refractivity contribution in [2.75, 3.05) is 13.7 Å². The molecule has 0 amide bonds. The van der Waals surface area contributed by atoms with E-state index in [-0.39, 0.29) is 17.9 Å². The summed E-state index contributed by atoms with van der Waals surface area (Å²) in [5, 5.41) is 22.6. The van der Waals surface area contributed by atoms with Gasteiger partial charge in [0.05, 0.1) is 17.2 Å². The molecule has 0 radical (unpaired) electrons. The zero-order valence-corrected chi connectivity index (χ0v) is 11.5. The van der Waals surface area contributed by atoms with Crippen molar-refractivity contribution in [3.8, 4) is 0 Å². The molecular weight excluding hydrogens is 268 g/mol. The van der Waals surface area contributed by atoms with Crippen LogP contribution in [0.5, 0.6) is 0 Å². The number of ether oxygens (including phenoxy) is 1. The second-order valence-corrected chi connectivity index (χ2v) is 4.90. The lowest BCUT2D eigenvalue weighted by Crippen LogP contribution is -2.65. The van der Waals surface area contributed by atoms with E-state index in [4.69, 9.17) is 16.2 Å². The summed E-state index contributed by atoms with van der Waals surface area (Å²) >= 11 is 0. The molecule has 112 valence electrons. The Morgan fingerprint density at radius 2 is 2.05 bits per heavy atom. The Morgan fingerprint density at radius 1 is 1.50 bits per heavy atom. The molecule has 1 aliphatic rings. The van der Waals surface area contributed by atoms with Crippen LogP contribution in [0.3, 0.4) is 0 Å². The molecule has 0 aliphatic heterocycles. The minimum atomic E-state index is -1.83. The van der Waals surface area contributed by atoms with Gasteiger partial charge in [0.2, 0.25) is 0 Å². The van der Waals surface area contributed by atoms with E-state index in [2.05, 4.69) is 0 Å². The number of rotatable bonds is 5. The fourth-order valence-corrected chi connectivity index (χ4v) is 2.44. The third-order valence-electron chi connectivity index (χ3n) is 3.64. The predicted molar refractivity (Wildman–Crippen MR) is 70.7 cm³/mol. The van der Waals surface area contributed by atoms with Gasteiger partial charge >= 0.3 is 0 Å². The Morgan fingerprint density at radius 3 is 2.45 bits per heavy atom. The molecule has 3 atom stereocenters. The Balaban J connectivity index is 3.51. The highest BCUT2D eigenvalue weighted by atomic mass is 16.6. The zero-order valence-electron chi connectivity index (χ0n) is 11.5. The normalized spacial score (nSPS) is 28.0. The average molecular weight is 286 g/mol. The molecule has 0 aromatic carbocycles. The van der Waals surface area contributed by atoms with Gasteiger partial charge in [-0.2, -0.15) is 0 Å². The SMILES string of the molecule is COCC(C)C1(N)C([N+](=O)[O-])=CC(C)=C(N)C1[N+](=O)[O-]. The molecular formula is C11H18N4O5. The first-order valence-electron chi connectivity index (χ1n) is 5.92. The van der Waals surface area contributed by atoms with Gasteiger partial charge in [0.1, 0.15) is 0 Å². The minimum absolute atomic E-state index is 0.0400. The van der Waals surface area contributed by atoms with Gasteiger partial charge in [-0.15, -0.1) is 0 Å². The summed E-state index contributed by atoms with van der Waals surface area (Å²) in [7, 11) is 1.39. The molecule has 0 aromatic heterocycles. The number of hydrogen-bond acceptors (Lipinski definition) is 7. The fraction of sp³-hybridized carbons (Fsp3) is 0.636. The number of hydrogen-bond donors (Lipinski definition) is 2. The molecule has 1 rings (SSSR count). The number of methoxy groups -OCH3 is 1. The van der Waals surface area contributed by atoms with Gasteiger partial charge in [0, 0.05) is 24.0 Å². The second-order valence-electron chi connectivity index (χ2n) is 4.90. The van der Waals surface area contributed by atoms with Crippen molar-refractivity contribution in [2.24, 2.45) is 17.4 Å². The van der Waals surface area contributed by atoms with Gasteiger partial charge in [-0.1, -0.05) is 6.92 Å².